The number of carbonyl (C=O) groups is 1. The quantitative estimate of drug-likeness (QED) is 0.855. The third-order valence-electron chi connectivity index (χ3n) is 3.81. The average molecular weight is 301 g/mol. The van der Waals surface area contributed by atoms with Gasteiger partial charge in [0.15, 0.2) is 0 Å². The van der Waals surface area contributed by atoms with Crippen LogP contribution in [0.25, 0.3) is 10.6 Å². The van der Waals surface area contributed by atoms with E-state index in [9.17, 15) is 4.79 Å². The minimum atomic E-state index is 0.0534. The summed E-state index contributed by atoms with van der Waals surface area (Å²) in [4.78, 5) is 21.1. The highest BCUT2D eigenvalue weighted by Gasteiger charge is 2.22. The number of benzene rings is 1. The standard InChI is InChI=1S/C16H19N3OS/c1-12-3-5-13(6-4-12)15-17-14(11-21-15)16(20)19-9-7-18(2)8-10-19/h3-6,11H,7-10H2,1-2H3. The zero-order chi connectivity index (χ0) is 14.8. The van der Waals surface area contributed by atoms with Gasteiger partial charge in [0.25, 0.3) is 5.91 Å². The number of amides is 1. The predicted molar refractivity (Wildman–Crippen MR) is 85.7 cm³/mol. The van der Waals surface area contributed by atoms with E-state index in [1.807, 2.05) is 10.3 Å². The summed E-state index contributed by atoms with van der Waals surface area (Å²) in [5.74, 6) is 0.0534. The van der Waals surface area contributed by atoms with Crippen LogP contribution in [-0.4, -0.2) is 53.9 Å². The monoisotopic (exact) mass is 301 g/mol. The number of rotatable bonds is 2. The van der Waals surface area contributed by atoms with Crippen molar-refractivity contribution in [3.63, 3.8) is 0 Å². The van der Waals surface area contributed by atoms with Gasteiger partial charge in [-0.1, -0.05) is 29.8 Å². The van der Waals surface area contributed by atoms with E-state index < -0.39 is 0 Å². The molecule has 0 atom stereocenters. The number of hydrogen-bond acceptors (Lipinski definition) is 4. The highest BCUT2D eigenvalue weighted by Crippen LogP contribution is 2.24. The molecule has 1 aliphatic heterocycles. The van der Waals surface area contributed by atoms with Gasteiger partial charge in [-0.25, -0.2) is 4.98 Å². The molecule has 1 aliphatic rings. The molecule has 2 aromatic rings. The Bertz CT molecular complexity index is 627. The Labute approximate surface area is 129 Å². The predicted octanol–water partition coefficient (Wildman–Crippen LogP) is 2.51. The molecule has 0 saturated carbocycles. The van der Waals surface area contributed by atoms with E-state index in [4.69, 9.17) is 0 Å². The van der Waals surface area contributed by atoms with Gasteiger partial charge in [-0.2, -0.15) is 0 Å². The van der Waals surface area contributed by atoms with Gasteiger partial charge >= 0.3 is 0 Å². The molecule has 3 rings (SSSR count). The average Bonchev–Trinajstić information content (AvgIpc) is 2.98. The first-order valence-corrected chi connectivity index (χ1v) is 8.02. The van der Waals surface area contributed by atoms with Crippen molar-refractivity contribution in [2.75, 3.05) is 33.2 Å². The van der Waals surface area contributed by atoms with Crippen LogP contribution in [0.2, 0.25) is 0 Å². The number of thiazole rings is 1. The van der Waals surface area contributed by atoms with Crippen molar-refractivity contribution in [2.45, 2.75) is 6.92 Å². The first kappa shape index (κ1) is 14.2. The minimum absolute atomic E-state index is 0.0534. The highest BCUT2D eigenvalue weighted by molar-refractivity contribution is 7.13. The van der Waals surface area contributed by atoms with Crippen molar-refractivity contribution in [1.29, 1.82) is 0 Å². The fourth-order valence-corrected chi connectivity index (χ4v) is 3.17. The van der Waals surface area contributed by atoms with Crippen molar-refractivity contribution in [2.24, 2.45) is 0 Å². The zero-order valence-corrected chi connectivity index (χ0v) is 13.2. The van der Waals surface area contributed by atoms with Crippen molar-refractivity contribution >= 4 is 17.2 Å². The van der Waals surface area contributed by atoms with Gasteiger partial charge < -0.3 is 9.80 Å². The van der Waals surface area contributed by atoms with Gasteiger partial charge in [0.05, 0.1) is 0 Å². The fraction of sp³-hybridized carbons (Fsp3) is 0.375. The second-order valence-corrected chi connectivity index (χ2v) is 6.36. The molecule has 0 unspecified atom stereocenters. The summed E-state index contributed by atoms with van der Waals surface area (Å²) in [6, 6.07) is 8.24. The number of aromatic nitrogens is 1. The maximum atomic E-state index is 12.5. The van der Waals surface area contributed by atoms with Crippen LogP contribution in [-0.2, 0) is 0 Å². The lowest BCUT2D eigenvalue weighted by molar-refractivity contribution is 0.0659. The van der Waals surface area contributed by atoms with Crippen molar-refractivity contribution in [1.82, 2.24) is 14.8 Å². The minimum Gasteiger partial charge on any atom is -0.335 e. The smallest absolute Gasteiger partial charge is 0.273 e. The van der Waals surface area contributed by atoms with E-state index in [0.717, 1.165) is 36.8 Å². The summed E-state index contributed by atoms with van der Waals surface area (Å²) in [6.45, 7) is 5.49. The van der Waals surface area contributed by atoms with Gasteiger partial charge in [-0.05, 0) is 14.0 Å². The number of carbonyl (C=O) groups excluding carboxylic acids is 1. The summed E-state index contributed by atoms with van der Waals surface area (Å²) < 4.78 is 0. The van der Waals surface area contributed by atoms with Gasteiger partial charge in [-0.3, -0.25) is 4.79 Å². The topological polar surface area (TPSA) is 36.4 Å². The third kappa shape index (κ3) is 3.14. The molecule has 0 spiro atoms. The van der Waals surface area contributed by atoms with Crippen LogP contribution >= 0.6 is 11.3 Å². The van der Waals surface area contributed by atoms with Crippen LogP contribution in [0, 0.1) is 6.92 Å². The van der Waals surface area contributed by atoms with E-state index >= 15 is 0 Å². The number of aryl methyl sites for hydroxylation is 1. The summed E-state index contributed by atoms with van der Waals surface area (Å²) in [5.41, 5.74) is 2.87. The molecule has 21 heavy (non-hydrogen) atoms. The van der Waals surface area contributed by atoms with E-state index in [-0.39, 0.29) is 5.91 Å². The van der Waals surface area contributed by atoms with E-state index in [1.54, 1.807) is 0 Å². The van der Waals surface area contributed by atoms with Crippen LogP contribution in [0.5, 0.6) is 0 Å². The molecule has 0 radical (unpaired) electrons. The molecule has 1 fully saturated rings. The molecule has 0 bridgehead atoms. The third-order valence-corrected chi connectivity index (χ3v) is 4.70. The molecule has 0 aliphatic carbocycles. The van der Waals surface area contributed by atoms with E-state index in [2.05, 4.69) is 48.1 Å². The zero-order valence-electron chi connectivity index (χ0n) is 12.4. The lowest BCUT2D eigenvalue weighted by Gasteiger charge is -2.31. The molecule has 1 saturated heterocycles. The van der Waals surface area contributed by atoms with Crippen molar-refractivity contribution < 1.29 is 4.79 Å². The molecule has 0 N–H and O–H groups in total. The molecule has 5 heteroatoms. The number of piperazine rings is 1. The molecule has 4 nitrogen and oxygen atoms in total. The number of likely N-dealkylation sites (N-methyl/N-ethyl adjacent to an activating group) is 1. The van der Waals surface area contributed by atoms with Crippen LogP contribution in [0.4, 0.5) is 0 Å². The molecular weight excluding hydrogens is 282 g/mol. The van der Waals surface area contributed by atoms with Gasteiger partial charge in [-0.15, -0.1) is 11.3 Å². The summed E-state index contributed by atoms with van der Waals surface area (Å²) in [5, 5.41) is 2.78. The second kappa shape index (κ2) is 5.95. The van der Waals surface area contributed by atoms with Crippen LogP contribution < -0.4 is 0 Å². The Hall–Kier alpha value is -1.72. The maximum Gasteiger partial charge on any atom is 0.273 e. The Morgan fingerprint density at radius 1 is 1.14 bits per heavy atom. The molecule has 1 amide bonds. The van der Waals surface area contributed by atoms with E-state index in [1.165, 1.54) is 16.9 Å². The Balaban J connectivity index is 1.75. The first-order valence-electron chi connectivity index (χ1n) is 7.14. The van der Waals surface area contributed by atoms with Crippen molar-refractivity contribution in [3.05, 3.63) is 40.9 Å². The number of hydrogen-bond donors (Lipinski definition) is 0. The van der Waals surface area contributed by atoms with Gasteiger partial charge in [0.2, 0.25) is 0 Å². The number of nitrogens with zero attached hydrogens (tertiary/aromatic N) is 3. The van der Waals surface area contributed by atoms with Gasteiger partial charge in [0, 0.05) is 37.1 Å². The van der Waals surface area contributed by atoms with Crippen molar-refractivity contribution in [3.8, 4) is 10.6 Å². The summed E-state index contributed by atoms with van der Waals surface area (Å²) >= 11 is 1.53. The largest absolute Gasteiger partial charge is 0.335 e. The molecule has 2 heterocycles. The van der Waals surface area contributed by atoms with Gasteiger partial charge in [0.1, 0.15) is 10.7 Å². The maximum absolute atomic E-state index is 12.5. The lowest BCUT2D eigenvalue weighted by Crippen LogP contribution is -2.47. The molecule has 1 aromatic heterocycles. The molecule has 1 aromatic carbocycles. The summed E-state index contributed by atoms with van der Waals surface area (Å²) in [7, 11) is 2.08. The summed E-state index contributed by atoms with van der Waals surface area (Å²) in [6.07, 6.45) is 0. The molecular formula is C16H19N3OS. The second-order valence-electron chi connectivity index (χ2n) is 5.50. The normalized spacial score (nSPS) is 16.2. The lowest BCUT2D eigenvalue weighted by atomic mass is 10.2. The Kier molecular flexibility index (Phi) is 4.03. The molecule has 110 valence electrons. The highest BCUT2D eigenvalue weighted by atomic mass is 32.1. The Morgan fingerprint density at radius 3 is 2.48 bits per heavy atom. The first-order chi connectivity index (χ1) is 10.1. The SMILES string of the molecule is Cc1ccc(-c2nc(C(=O)N3CCN(C)CC3)cs2)cc1. The Morgan fingerprint density at radius 2 is 1.81 bits per heavy atom. The van der Waals surface area contributed by atoms with Crippen LogP contribution in [0.1, 0.15) is 16.1 Å². The van der Waals surface area contributed by atoms with Crippen LogP contribution in [0.15, 0.2) is 29.6 Å². The van der Waals surface area contributed by atoms with Crippen LogP contribution in [0.3, 0.4) is 0 Å². The fourth-order valence-electron chi connectivity index (χ4n) is 2.37. The van der Waals surface area contributed by atoms with E-state index in [0.29, 0.717) is 5.69 Å².